The van der Waals surface area contributed by atoms with Crippen LogP contribution in [0.1, 0.15) is 20.9 Å². The van der Waals surface area contributed by atoms with Gasteiger partial charge in [0.05, 0.1) is 13.6 Å². The van der Waals surface area contributed by atoms with Crippen molar-refractivity contribution in [1.82, 2.24) is 9.55 Å². The summed E-state index contributed by atoms with van der Waals surface area (Å²) in [6, 6.07) is 14.0. The Kier molecular flexibility index (Phi) is 2.26. The minimum Gasteiger partial charge on any atom is -0.437 e. The van der Waals surface area contributed by atoms with Crippen molar-refractivity contribution in [3.63, 3.8) is 0 Å². The number of nitrogens with zero attached hydrogens (tertiary/aromatic N) is 3. The molecule has 1 aliphatic heterocycles. The minimum atomic E-state index is -2.26. The van der Waals surface area contributed by atoms with Crippen LogP contribution in [0.2, 0.25) is 0 Å². The molecule has 4 heteroatoms. The fourth-order valence-corrected chi connectivity index (χ4v) is 4.61. The van der Waals surface area contributed by atoms with E-state index in [9.17, 15) is 0 Å². The smallest absolute Gasteiger partial charge is 0.293 e. The van der Waals surface area contributed by atoms with Crippen LogP contribution in [-0.2, 0) is 20.0 Å². The van der Waals surface area contributed by atoms with Gasteiger partial charge in [-0.2, -0.15) is 0 Å². The molecule has 0 saturated heterocycles. The number of fused-ring (bicyclic) bond motifs is 3. The van der Waals surface area contributed by atoms with Crippen molar-refractivity contribution < 1.29 is 13.1 Å². The molecule has 132 valence electrons. The van der Waals surface area contributed by atoms with Crippen molar-refractivity contribution in [1.29, 1.82) is 0 Å². The molecule has 0 amide bonds. The van der Waals surface area contributed by atoms with Crippen LogP contribution in [0.4, 0.5) is 0 Å². The van der Waals surface area contributed by atoms with Crippen molar-refractivity contribution in [2.75, 3.05) is 0 Å². The van der Waals surface area contributed by atoms with Gasteiger partial charge in [-0.25, -0.2) is 14.1 Å². The molecule has 6 rings (SSSR count). The summed E-state index contributed by atoms with van der Waals surface area (Å²) in [6.07, 6.45) is 1.03. The lowest BCUT2D eigenvalue weighted by Crippen LogP contribution is -2.33. The molecule has 0 unspecified atom stereocenters. The van der Waals surface area contributed by atoms with Gasteiger partial charge in [0.25, 0.3) is 5.82 Å². The molecule has 0 aliphatic carbocycles. The quantitative estimate of drug-likeness (QED) is 0.411. The number of hydrogen-bond acceptors (Lipinski definition) is 2. The summed E-state index contributed by atoms with van der Waals surface area (Å²) in [7, 11) is 2.09. The van der Waals surface area contributed by atoms with Gasteiger partial charge in [-0.1, -0.05) is 24.3 Å². The third-order valence-electron chi connectivity index (χ3n) is 5.85. The highest BCUT2D eigenvalue weighted by atomic mass is 16.3. The summed E-state index contributed by atoms with van der Waals surface area (Å²) >= 11 is 0. The van der Waals surface area contributed by atoms with Crippen LogP contribution in [0.5, 0.6) is 0 Å². The van der Waals surface area contributed by atoms with Crippen LogP contribution in [-0.4, -0.2) is 9.55 Å². The first-order valence-electron chi connectivity index (χ1n) is 10.7. The van der Waals surface area contributed by atoms with E-state index < -0.39 is 6.85 Å². The zero-order valence-electron chi connectivity index (χ0n) is 18.2. The van der Waals surface area contributed by atoms with Crippen molar-refractivity contribution in [3.8, 4) is 11.4 Å². The molecule has 4 heterocycles. The Morgan fingerprint density at radius 2 is 2.04 bits per heavy atom. The number of pyridine rings is 1. The molecule has 1 aliphatic rings. The predicted octanol–water partition coefficient (Wildman–Crippen LogP) is 4.60. The van der Waals surface area contributed by atoms with Gasteiger partial charge in [-0.05, 0) is 37.5 Å². The molecule has 0 fully saturated rings. The Morgan fingerprint density at radius 1 is 1.15 bits per heavy atom. The summed E-state index contributed by atoms with van der Waals surface area (Å²) in [6.45, 7) is 0.757. The third-order valence-corrected chi connectivity index (χ3v) is 5.85. The summed E-state index contributed by atoms with van der Waals surface area (Å²) in [5, 5.41) is 1.78. The van der Waals surface area contributed by atoms with Gasteiger partial charge in [0, 0.05) is 32.6 Å². The number of benzene rings is 2. The van der Waals surface area contributed by atoms with E-state index in [0.29, 0.717) is 5.71 Å². The van der Waals surface area contributed by atoms with Crippen molar-refractivity contribution in [2.45, 2.75) is 26.7 Å². The summed E-state index contributed by atoms with van der Waals surface area (Å²) in [5.74, 6) is 1.10. The molecule has 3 aromatic heterocycles. The van der Waals surface area contributed by atoms with E-state index in [1.54, 1.807) is 12.1 Å². The van der Waals surface area contributed by atoms with Crippen molar-refractivity contribution in [2.24, 2.45) is 7.05 Å². The van der Waals surface area contributed by atoms with Gasteiger partial charge in [0.1, 0.15) is 5.56 Å². The zero-order chi connectivity index (χ0) is 20.8. The molecular weight excluding hydrogens is 334 g/mol. The van der Waals surface area contributed by atoms with Crippen molar-refractivity contribution in [3.05, 3.63) is 59.3 Å². The Balaban J connectivity index is 1.72. The maximum atomic E-state index is 7.66. The van der Waals surface area contributed by atoms with E-state index in [0.717, 1.165) is 46.3 Å². The monoisotopic (exact) mass is 357 g/mol. The fraction of sp³-hybridized carbons (Fsp3) is 0.217. The number of furan rings is 1. The lowest BCUT2D eigenvalue weighted by molar-refractivity contribution is -0.653. The Bertz CT molecular complexity index is 1510. The molecule has 0 radical (unpaired) electrons. The Labute approximate surface area is 160 Å². The molecule has 0 bridgehead atoms. The molecule has 0 atom stereocenters. The summed E-state index contributed by atoms with van der Waals surface area (Å²) in [4.78, 5) is 4.32. The first-order chi connectivity index (χ1) is 14.3. The van der Waals surface area contributed by atoms with Gasteiger partial charge < -0.3 is 4.42 Å². The summed E-state index contributed by atoms with van der Waals surface area (Å²) in [5.41, 5.74) is 7.17. The van der Waals surface area contributed by atoms with Crippen LogP contribution in [0.25, 0.3) is 44.5 Å². The van der Waals surface area contributed by atoms with Crippen LogP contribution >= 0.6 is 0 Å². The van der Waals surface area contributed by atoms with Gasteiger partial charge in [0.15, 0.2) is 16.6 Å². The number of aromatic nitrogens is 3. The first kappa shape index (κ1) is 12.3. The highest BCUT2D eigenvalue weighted by Crippen LogP contribution is 2.38. The predicted molar refractivity (Wildman–Crippen MR) is 107 cm³/mol. The largest absolute Gasteiger partial charge is 0.437 e. The Hall–Kier alpha value is -3.14. The fourth-order valence-electron chi connectivity index (χ4n) is 4.61. The maximum absolute atomic E-state index is 7.66. The van der Waals surface area contributed by atoms with Gasteiger partial charge >= 0.3 is 0 Å². The molecule has 0 N–H and O–H groups in total. The van der Waals surface area contributed by atoms with E-state index in [2.05, 4.69) is 52.4 Å². The minimum absolute atomic E-state index is 0.0505. The molecular formula is C23H20N3O+. The normalized spacial score (nSPS) is 15.6. The van der Waals surface area contributed by atoms with Crippen LogP contribution in [0.3, 0.4) is 0 Å². The van der Waals surface area contributed by atoms with Gasteiger partial charge in [-0.15, -0.1) is 0 Å². The highest BCUT2D eigenvalue weighted by molar-refractivity contribution is 6.08. The molecule has 4 nitrogen and oxygen atoms in total. The number of rotatable bonds is 1. The standard InChI is InChI=1S/C23H20N3O/c1-13-7-9-16-17-10-8-14(2)24-22(17)27-21(16)19(13)23-25(3)18-6-4-5-15-11-12-26(23)20(15)18/h4-10H,11-12H2,1-3H3/q+1/i2D3. The molecule has 27 heavy (non-hydrogen) atoms. The lowest BCUT2D eigenvalue weighted by atomic mass is 10.0. The van der Waals surface area contributed by atoms with E-state index in [1.807, 2.05) is 6.07 Å². The average Bonchev–Trinajstić information content (AvgIpc) is 3.37. The second-order valence-electron chi connectivity index (χ2n) is 7.35. The molecule has 0 saturated carbocycles. The van der Waals surface area contributed by atoms with Gasteiger partial charge in [0.2, 0.25) is 5.71 Å². The van der Waals surface area contributed by atoms with E-state index in [1.165, 1.54) is 16.6 Å². The SMILES string of the molecule is [2H]C([2H])([2H])c1ccc2c(n1)oc1c(-c3n(C)c4cccc5c4[n+]3CC5)c(C)ccc12. The Morgan fingerprint density at radius 3 is 2.93 bits per heavy atom. The molecule has 0 spiro atoms. The van der Waals surface area contributed by atoms with Crippen LogP contribution < -0.4 is 4.57 Å². The summed E-state index contributed by atoms with van der Waals surface area (Å²) < 4.78 is 33.8. The number of imidazole rings is 1. The van der Waals surface area contributed by atoms with E-state index in [4.69, 9.17) is 8.53 Å². The third kappa shape index (κ3) is 1.82. The first-order valence-corrected chi connectivity index (χ1v) is 9.18. The second-order valence-corrected chi connectivity index (χ2v) is 7.35. The van der Waals surface area contributed by atoms with E-state index in [-0.39, 0.29) is 5.69 Å². The second kappa shape index (κ2) is 4.97. The van der Waals surface area contributed by atoms with Crippen LogP contribution in [0.15, 0.2) is 46.9 Å². The number of aryl methyl sites for hydroxylation is 5. The van der Waals surface area contributed by atoms with Gasteiger partial charge in [-0.3, -0.25) is 0 Å². The molecule has 2 aromatic carbocycles. The van der Waals surface area contributed by atoms with Crippen LogP contribution in [0, 0.1) is 13.8 Å². The average molecular weight is 357 g/mol. The molecule has 5 aromatic rings. The topological polar surface area (TPSA) is 34.8 Å². The lowest BCUT2D eigenvalue weighted by Gasteiger charge is -2.05. The number of hydrogen-bond donors (Lipinski definition) is 0. The maximum Gasteiger partial charge on any atom is 0.293 e. The zero-order valence-corrected chi connectivity index (χ0v) is 15.2. The number of para-hydroxylation sites is 1. The highest BCUT2D eigenvalue weighted by Gasteiger charge is 2.33. The van der Waals surface area contributed by atoms with E-state index >= 15 is 0 Å². The van der Waals surface area contributed by atoms with Crippen molar-refractivity contribution >= 4 is 33.1 Å².